The fourth-order valence-corrected chi connectivity index (χ4v) is 2.53. The number of hydrogen-bond donors (Lipinski definition) is 1. The lowest BCUT2D eigenvalue weighted by molar-refractivity contribution is 0.251. The molecule has 1 N–H and O–H groups in total. The summed E-state index contributed by atoms with van der Waals surface area (Å²) in [7, 11) is 1.48. The number of alkyl halides is 2. The first-order valence-electron chi connectivity index (χ1n) is 6.48. The van der Waals surface area contributed by atoms with Crippen molar-refractivity contribution in [3.8, 4) is 5.75 Å². The van der Waals surface area contributed by atoms with Gasteiger partial charge in [-0.25, -0.2) is 0 Å². The van der Waals surface area contributed by atoms with Gasteiger partial charge in [0.05, 0.1) is 24.8 Å². The topological polar surface area (TPSA) is 34.4 Å². The molecule has 1 unspecified atom stereocenters. The first-order chi connectivity index (χ1) is 10.1. The van der Waals surface area contributed by atoms with Crippen LogP contribution in [0.2, 0.25) is 0 Å². The van der Waals surface area contributed by atoms with Crippen molar-refractivity contribution < 1.29 is 17.9 Å². The van der Waals surface area contributed by atoms with Gasteiger partial charge < -0.3 is 14.5 Å². The minimum Gasteiger partial charge on any atom is -0.496 e. The van der Waals surface area contributed by atoms with E-state index >= 15 is 0 Å². The van der Waals surface area contributed by atoms with Crippen LogP contribution in [-0.4, -0.2) is 12.9 Å². The van der Waals surface area contributed by atoms with Gasteiger partial charge in [-0.1, -0.05) is 17.8 Å². The Kier molecular flexibility index (Phi) is 5.64. The molecule has 0 saturated heterocycles. The molecule has 1 aromatic carbocycles. The molecule has 0 bridgehead atoms. The summed E-state index contributed by atoms with van der Waals surface area (Å²) in [5, 5.41) is 3.31. The van der Waals surface area contributed by atoms with E-state index in [-0.39, 0.29) is 6.04 Å². The Morgan fingerprint density at radius 1 is 1.33 bits per heavy atom. The average molecular weight is 313 g/mol. The van der Waals surface area contributed by atoms with E-state index in [4.69, 9.17) is 9.15 Å². The third-order valence-electron chi connectivity index (χ3n) is 3.07. The van der Waals surface area contributed by atoms with Crippen LogP contribution in [0.5, 0.6) is 5.75 Å². The summed E-state index contributed by atoms with van der Waals surface area (Å²) < 4.78 is 35.4. The summed E-state index contributed by atoms with van der Waals surface area (Å²) in [6.07, 6.45) is 1.63. The van der Waals surface area contributed by atoms with Gasteiger partial charge in [-0.05, 0) is 36.8 Å². The highest BCUT2D eigenvalue weighted by atomic mass is 32.2. The predicted molar refractivity (Wildman–Crippen MR) is 78.8 cm³/mol. The Hall–Kier alpha value is -1.53. The van der Waals surface area contributed by atoms with Crippen LogP contribution in [0.15, 0.2) is 45.9 Å². The van der Waals surface area contributed by atoms with Crippen LogP contribution in [0.4, 0.5) is 8.78 Å². The lowest BCUT2D eigenvalue weighted by Gasteiger charge is -2.16. The summed E-state index contributed by atoms with van der Waals surface area (Å²) >= 11 is 0.488. The summed E-state index contributed by atoms with van der Waals surface area (Å²) in [5.74, 6) is -1.15. The summed E-state index contributed by atoms with van der Waals surface area (Å²) in [6.45, 7) is 2.60. The Labute approximate surface area is 126 Å². The van der Waals surface area contributed by atoms with E-state index < -0.39 is 5.76 Å². The fourth-order valence-electron chi connectivity index (χ4n) is 1.93. The number of ether oxygens (including phenoxy) is 1. The number of furan rings is 1. The smallest absolute Gasteiger partial charge is 0.289 e. The zero-order valence-electron chi connectivity index (χ0n) is 11.8. The largest absolute Gasteiger partial charge is 0.496 e. The maximum atomic E-state index is 12.5. The molecule has 0 saturated carbocycles. The second kappa shape index (κ2) is 7.47. The van der Waals surface area contributed by atoms with Crippen molar-refractivity contribution in [3.05, 3.63) is 47.9 Å². The molecule has 0 radical (unpaired) electrons. The molecule has 0 amide bonds. The average Bonchev–Trinajstić information content (AvgIpc) is 2.98. The Morgan fingerprint density at radius 3 is 2.76 bits per heavy atom. The Bertz CT molecular complexity index is 561. The third kappa shape index (κ3) is 4.47. The molecule has 1 aromatic heterocycles. The molecule has 2 aromatic rings. The zero-order valence-corrected chi connectivity index (χ0v) is 12.6. The molecule has 0 fully saturated rings. The maximum Gasteiger partial charge on any atom is 0.289 e. The maximum absolute atomic E-state index is 12.5. The monoisotopic (exact) mass is 313 g/mol. The van der Waals surface area contributed by atoms with Crippen molar-refractivity contribution in [2.45, 2.75) is 30.2 Å². The first kappa shape index (κ1) is 15.9. The standard InChI is InChI=1S/C15H17F2NO2S/c1-10(18-9-12-4-3-7-20-12)11-5-6-14(21-15(16)17)13(8-11)19-2/h3-8,10,15,18H,9H2,1-2H3. The van der Waals surface area contributed by atoms with Gasteiger partial charge in [-0.3, -0.25) is 0 Å². The van der Waals surface area contributed by atoms with Gasteiger partial charge >= 0.3 is 0 Å². The van der Waals surface area contributed by atoms with E-state index in [1.807, 2.05) is 25.1 Å². The van der Waals surface area contributed by atoms with Crippen molar-refractivity contribution in [2.24, 2.45) is 0 Å². The molecule has 0 aliphatic heterocycles. The van der Waals surface area contributed by atoms with Crippen LogP contribution in [0.3, 0.4) is 0 Å². The van der Waals surface area contributed by atoms with Crippen LogP contribution in [0.1, 0.15) is 24.3 Å². The zero-order chi connectivity index (χ0) is 15.2. The Morgan fingerprint density at radius 2 is 2.14 bits per heavy atom. The highest BCUT2D eigenvalue weighted by Gasteiger charge is 2.13. The molecule has 1 heterocycles. The van der Waals surface area contributed by atoms with Gasteiger partial charge in [-0.15, -0.1) is 0 Å². The van der Waals surface area contributed by atoms with E-state index in [0.29, 0.717) is 29.0 Å². The SMILES string of the molecule is COc1cc(C(C)NCc2ccco2)ccc1SC(F)F. The summed E-state index contributed by atoms with van der Waals surface area (Å²) in [6, 6.07) is 9.05. The van der Waals surface area contributed by atoms with Gasteiger partial charge in [0.15, 0.2) is 0 Å². The molecular weight excluding hydrogens is 296 g/mol. The van der Waals surface area contributed by atoms with Crippen LogP contribution in [-0.2, 0) is 6.54 Å². The minimum atomic E-state index is -2.46. The van der Waals surface area contributed by atoms with Crippen LogP contribution in [0.25, 0.3) is 0 Å². The van der Waals surface area contributed by atoms with Gasteiger partial charge in [0.2, 0.25) is 0 Å². The number of halogens is 2. The number of methoxy groups -OCH3 is 1. The minimum absolute atomic E-state index is 0.0506. The van der Waals surface area contributed by atoms with Crippen molar-refractivity contribution >= 4 is 11.8 Å². The number of nitrogens with one attached hydrogen (secondary N) is 1. The first-order valence-corrected chi connectivity index (χ1v) is 7.36. The summed E-state index contributed by atoms with van der Waals surface area (Å²) in [4.78, 5) is 0.439. The Balaban J connectivity index is 2.05. The molecular formula is C15H17F2NO2S. The quantitative estimate of drug-likeness (QED) is 0.766. The number of thioether (sulfide) groups is 1. The van der Waals surface area contributed by atoms with E-state index in [1.54, 1.807) is 18.4 Å². The lowest BCUT2D eigenvalue weighted by atomic mass is 10.1. The normalized spacial score (nSPS) is 12.6. The van der Waals surface area contributed by atoms with E-state index in [1.165, 1.54) is 7.11 Å². The molecule has 21 heavy (non-hydrogen) atoms. The number of hydrogen-bond acceptors (Lipinski definition) is 4. The van der Waals surface area contributed by atoms with Crippen molar-refractivity contribution in [1.82, 2.24) is 5.32 Å². The van der Waals surface area contributed by atoms with Crippen molar-refractivity contribution in [1.29, 1.82) is 0 Å². The number of rotatable bonds is 7. The second-order valence-corrected chi connectivity index (χ2v) is 5.50. The molecule has 0 aliphatic rings. The van der Waals surface area contributed by atoms with Gasteiger partial charge in [0.1, 0.15) is 11.5 Å². The van der Waals surface area contributed by atoms with Crippen molar-refractivity contribution in [3.63, 3.8) is 0 Å². The highest BCUT2D eigenvalue weighted by Crippen LogP contribution is 2.35. The van der Waals surface area contributed by atoms with Gasteiger partial charge in [0.25, 0.3) is 5.76 Å². The lowest BCUT2D eigenvalue weighted by Crippen LogP contribution is -2.17. The van der Waals surface area contributed by atoms with E-state index in [0.717, 1.165) is 11.3 Å². The van der Waals surface area contributed by atoms with Crippen LogP contribution >= 0.6 is 11.8 Å². The molecule has 2 rings (SSSR count). The van der Waals surface area contributed by atoms with E-state index in [2.05, 4.69) is 5.32 Å². The molecule has 0 aliphatic carbocycles. The molecule has 6 heteroatoms. The van der Waals surface area contributed by atoms with Crippen LogP contribution < -0.4 is 10.1 Å². The molecule has 1 atom stereocenters. The van der Waals surface area contributed by atoms with Gasteiger partial charge in [-0.2, -0.15) is 8.78 Å². The fraction of sp³-hybridized carbons (Fsp3) is 0.333. The van der Waals surface area contributed by atoms with Crippen molar-refractivity contribution in [2.75, 3.05) is 7.11 Å². The molecule has 114 valence electrons. The predicted octanol–water partition coefficient (Wildman–Crippen LogP) is 4.45. The molecule has 0 spiro atoms. The second-order valence-electron chi connectivity index (χ2n) is 4.47. The highest BCUT2D eigenvalue weighted by molar-refractivity contribution is 7.99. The van der Waals surface area contributed by atoms with Gasteiger partial charge in [0, 0.05) is 6.04 Å². The third-order valence-corrected chi connectivity index (χ3v) is 3.84. The number of benzene rings is 1. The van der Waals surface area contributed by atoms with Crippen LogP contribution in [0, 0.1) is 0 Å². The molecule has 3 nitrogen and oxygen atoms in total. The van der Waals surface area contributed by atoms with E-state index in [9.17, 15) is 8.78 Å². The summed E-state index contributed by atoms with van der Waals surface area (Å²) in [5.41, 5.74) is 0.969.